The average Bonchev–Trinajstić information content (AvgIpc) is 1.51. The first-order valence-electron chi connectivity index (χ1n) is 31.9. The van der Waals surface area contributed by atoms with Crippen LogP contribution in [0.3, 0.4) is 0 Å². The molecular weight excluding hydrogens is 1520 g/mol. The maximum absolute atomic E-state index is 14.7. The zero-order valence-electron chi connectivity index (χ0n) is 52.9. The number of hydrogen-bond donors (Lipinski definition) is 3. The van der Waals surface area contributed by atoms with E-state index in [0.717, 1.165) is 14.7 Å². The first kappa shape index (κ1) is 69.2. The SMILES string of the molecule is COc1cc(Cl)cc(N2C(=O)C3C4C[C@H](F)CN4C4(C(=O)Nc5c(Cl)cc(Cl)cc54)C3C2=O)c1.COc1cc(Cl)cc(N2C(=O)C3C4C[C@H](F)CN4C4(C(=O)Nc5c(Cl)cc(Cl)cc54)C3C2=O)c1.COc1cc(Cl)cc(N2C(=O)C3C4C[C@H](F)CN4C4(C(=O)Nc5c(Cl)cc(Cl)cc54)C3C2=O)c1. The predicted molar refractivity (Wildman–Crippen MR) is 373 cm³/mol. The van der Waals surface area contributed by atoms with Gasteiger partial charge in [0.2, 0.25) is 35.4 Å². The maximum atomic E-state index is 14.7. The van der Waals surface area contributed by atoms with Crippen LogP contribution in [0.25, 0.3) is 0 Å². The van der Waals surface area contributed by atoms with Gasteiger partial charge in [-0.15, -0.1) is 0 Å². The topological polar surface area (TPSA) is 237 Å². The van der Waals surface area contributed by atoms with Gasteiger partial charge in [0.05, 0.1) is 106 Å². The molecule has 3 N–H and O–H groups in total. The highest BCUT2D eigenvalue weighted by atomic mass is 35.5. The van der Waals surface area contributed by atoms with Gasteiger partial charge in [0.25, 0.3) is 17.7 Å². The number of amides is 9. The second-order valence-corrected chi connectivity index (χ2v) is 30.7. The van der Waals surface area contributed by atoms with Gasteiger partial charge in [-0.25, -0.2) is 27.9 Å². The molecule has 0 saturated carbocycles. The van der Waals surface area contributed by atoms with E-state index in [-0.39, 0.29) is 101 Å². The normalized spacial score (nSPS) is 31.8. The third kappa shape index (κ3) is 9.51. The lowest BCUT2D eigenvalue weighted by molar-refractivity contribution is -0.135. The molecule has 15 atom stereocenters. The highest BCUT2D eigenvalue weighted by Crippen LogP contribution is 2.66. The van der Waals surface area contributed by atoms with E-state index in [1.807, 2.05) is 0 Å². The molecule has 9 amide bonds. The summed E-state index contributed by atoms with van der Waals surface area (Å²) < 4.78 is 59.9. The Hall–Kier alpha value is -7.17. The molecule has 12 unspecified atom stereocenters. The van der Waals surface area contributed by atoms with Crippen molar-refractivity contribution < 1.29 is 70.5 Å². The Morgan fingerprint density at radius 1 is 0.353 bits per heavy atom. The third-order valence-electron chi connectivity index (χ3n) is 22.1. The number of fused-ring (bicyclic) bond motifs is 21. The van der Waals surface area contributed by atoms with E-state index >= 15 is 0 Å². The van der Waals surface area contributed by atoms with Gasteiger partial charge in [0, 0.05) is 103 Å². The second kappa shape index (κ2) is 24.5. The summed E-state index contributed by atoms with van der Waals surface area (Å²) in [7, 11) is 4.33. The fourth-order valence-corrected chi connectivity index (χ4v) is 21.0. The van der Waals surface area contributed by atoms with Crippen molar-refractivity contribution in [2.75, 3.05) is 71.6 Å². The highest BCUT2D eigenvalue weighted by Gasteiger charge is 2.79. The molecule has 6 aromatic rings. The maximum Gasteiger partial charge on any atom is 0.250 e. The van der Waals surface area contributed by atoms with Crippen molar-refractivity contribution >= 4 is 192 Å². The number of hydrogen-bond acceptors (Lipinski definition) is 15. The average molecular weight is 1570 g/mol. The Labute approximate surface area is 622 Å². The molecule has 0 bridgehead atoms. The summed E-state index contributed by atoms with van der Waals surface area (Å²) in [4.78, 5) is 132. The minimum atomic E-state index is -1.61. The van der Waals surface area contributed by atoms with Crippen molar-refractivity contribution in [3.63, 3.8) is 0 Å². The van der Waals surface area contributed by atoms with Crippen LogP contribution < -0.4 is 44.9 Å². The standard InChI is InChI=1S/3C23H17Cl3FN3O4/c3*1-34-13-3-9(24)2-12(7-13)30-20(31)17-16-6-11(27)8-29(16)23(18(17)21(30)32)14-4-10(25)5-15(26)19(14)28-22(23)33/h3*2-5,7,11,16-18H,6,8H2,1H3,(H,28,33)/t3*11-,16?,17?,18?,23?/m000/s1. The van der Waals surface area contributed by atoms with Crippen LogP contribution in [0, 0.1) is 35.5 Å². The summed E-state index contributed by atoms with van der Waals surface area (Å²) in [6.07, 6.45) is -3.66. The molecule has 18 rings (SSSR count). The number of imide groups is 3. The Morgan fingerprint density at radius 3 is 0.843 bits per heavy atom. The number of nitrogens with zero attached hydrogens (tertiary/aromatic N) is 6. The van der Waals surface area contributed by atoms with Gasteiger partial charge in [0.1, 0.15) is 52.4 Å². The Balaban J connectivity index is 0.000000118. The molecule has 3 spiro atoms. The number of benzene rings is 6. The van der Waals surface area contributed by atoms with Crippen molar-refractivity contribution in [1.82, 2.24) is 14.7 Å². The molecule has 9 fully saturated rings. The Kier molecular flexibility index (Phi) is 16.6. The molecule has 12 heterocycles. The lowest BCUT2D eigenvalue weighted by atomic mass is 9.75. The summed E-state index contributed by atoms with van der Waals surface area (Å²) in [5.74, 6) is -9.72. The molecule has 102 heavy (non-hydrogen) atoms. The molecule has 6 aromatic carbocycles. The van der Waals surface area contributed by atoms with Crippen molar-refractivity contribution in [2.45, 2.75) is 72.5 Å². The van der Waals surface area contributed by atoms with E-state index in [2.05, 4.69) is 16.0 Å². The van der Waals surface area contributed by atoms with Crippen LogP contribution in [0.1, 0.15) is 36.0 Å². The number of anilines is 6. The molecule has 33 heteroatoms. The Morgan fingerprint density at radius 2 is 0.598 bits per heavy atom. The van der Waals surface area contributed by atoms with Gasteiger partial charge in [-0.2, -0.15) is 0 Å². The lowest BCUT2D eigenvalue weighted by Gasteiger charge is -2.36. The quantitative estimate of drug-likeness (QED) is 0.131. The first-order chi connectivity index (χ1) is 48.5. The zero-order chi connectivity index (χ0) is 72.3. The van der Waals surface area contributed by atoms with E-state index in [9.17, 15) is 56.3 Å². The molecule has 21 nitrogen and oxygen atoms in total. The van der Waals surface area contributed by atoms with Crippen LogP contribution in [-0.2, 0) is 59.8 Å². The summed E-state index contributed by atoms with van der Waals surface area (Å²) in [5.41, 5.74) is -2.02. The fourth-order valence-electron chi connectivity index (χ4n) is 18.7. The van der Waals surface area contributed by atoms with E-state index in [0.29, 0.717) is 51.0 Å². The number of carbonyl (C=O) groups is 9. The van der Waals surface area contributed by atoms with Crippen LogP contribution in [-0.4, -0.2) is 145 Å². The van der Waals surface area contributed by atoms with Crippen LogP contribution in [0.5, 0.6) is 17.2 Å². The van der Waals surface area contributed by atoms with Gasteiger partial charge >= 0.3 is 0 Å². The summed E-state index contributed by atoms with van der Waals surface area (Å²) in [5, 5.41) is 10.5. The van der Waals surface area contributed by atoms with E-state index < -0.39 is 142 Å². The number of nitrogens with one attached hydrogen (secondary N) is 3. The second-order valence-electron chi connectivity index (χ2n) is 26.8. The van der Waals surface area contributed by atoms with Crippen molar-refractivity contribution in [3.05, 3.63) is 153 Å². The van der Waals surface area contributed by atoms with Gasteiger partial charge < -0.3 is 30.2 Å². The molecule has 9 saturated heterocycles. The van der Waals surface area contributed by atoms with Gasteiger partial charge in [-0.05, 0) is 92.1 Å². The molecule has 12 aliphatic rings. The minimum Gasteiger partial charge on any atom is -0.497 e. The number of halogens is 12. The van der Waals surface area contributed by atoms with Crippen LogP contribution in [0.2, 0.25) is 45.2 Å². The largest absolute Gasteiger partial charge is 0.497 e. The van der Waals surface area contributed by atoms with Crippen LogP contribution in [0.4, 0.5) is 47.3 Å². The van der Waals surface area contributed by atoms with Crippen LogP contribution >= 0.6 is 104 Å². The molecule has 12 aliphatic heterocycles. The van der Waals surface area contributed by atoms with Crippen LogP contribution in [0.15, 0.2) is 91.0 Å². The van der Waals surface area contributed by atoms with E-state index in [1.54, 1.807) is 51.1 Å². The number of methoxy groups -OCH3 is 3. The number of alkyl halides is 3. The predicted octanol–water partition coefficient (Wildman–Crippen LogP) is 12.1. The zero-order valence-corrected chi connectivity index (χ0v) is 59.8. The number of carbonyl (C=O) groups excluding carboxylic acids is 9. The monoisotopic (exact) mass is 1570 g/mol. The minimum absolute atomic E-state index is 0.0333. The molecule has 528 valence electrons. The third-order valence-corrected chi connectivity index (χ3v) is 24.3. The highest BCUT2D eigenvalue weighted by molar-refractivity contribution is 6.41. The van der Waals surface area contributed by atoms with Gasteiger partial charge in [0.15, 0.2) is 0 Å². The smallest absolute Gasteiger partial charge is 0.250 e. The molecule has 0 radical (unpaired) electrons. The molecule has 0 aliphatic carbocycles. The first-order valence-corrected chi connectivity index (χ1v) is 35.3. The van der Waals surface area contributed by atoms with Crippen molar-refractivity contribution in [1.29, 1.82) is 0 Å². The lowest BCUT2D eigenvalue weighted by Crippen LogP contribution is -2.54. The number of rotatable bonds is 6. The molecule has 0 aromatic heterocycles. The Bertz CT molecular complexity index is 4390. The van der Waals surface area contributed by atoms with E-state index in [4.69, 9.17) is 119 Å². The summed E-state index contributed by atoms with van der Waals surface area (Å²) in [6.45, 7) is -0.249. The van der Waals surface area contributed by atoms with Crippen molar-refractivity contribution in [3.8, 4) is 17.2 Å². The van der Waals surface area contributed by atoms with Gasteiger partial charge in [-0.1, -0.05) is 104 Å². The fraction of sp³-hybridized carbons (Fsp3) is 0.348. The van der Waals surface area contributed by atoms with Gasteiger partial charge in [-0.3, -0.25) is 57.9 Å². The molecular formula is C69H51Cl9F3N9O12. The summed E-state index contributed by atoms with van der Waals surface area (Å²) >= 11 is 56.6. The summed E-state index contributed by atoms with van der Waals surface area (Å²) in [6, 6.07) is 20.9. The van der Waals surface area contributed by atoms with E-state index in [1.165, 1.54) is 75.9 Å². The van der Waals surface area contributed by atoms with Crippen molar-refractivity contribution in [2.24, 2.45) is 35.5 Å². The number of ether oxygens (including phenoxy) is 3.